The molecule has 4 nitrogen and oxygen atoms in total. The van der Waals surface area contributed by atoms with Gasteiger partial charge in [0, 0.05) is 40.0 Å². The molecule has 0 spiro atoms. The van der Waals surface area contributed by atoms with Gasteiger partial charge in [-0.15, -0.1) is 0 Å². The Morgan fingerprint density at radius 3 is 2.29 bits per heavy atom. The van der Waals surface area contributed by atoms with E-state index < -0.39 is 0 Å². The van der Waals surface area contributed by atoms with Crippen LogP contribution in [0.4, 0.5) is 0 Å². The highest BCUT2D eigenvalue weighted by molar-refractivity contribution is 5.18. The molecular formula is C17H30N2O2. The third kappa shape index (κ3) is 8.17. The van der Waals surface area contributed by atoms with Crippen LogP contribution < -0.4 is 5.73 Å². The first-order valence-electron chi connectivity index (χ1n) is 7.78. The van der Waals surface area contributed by atoms with Crippen molar-refractivity contribution in [3.63, 3.8) is 0 Å². The van der Waals surface area contributed by atoms with Crippen LogP contribution in [-0.4, -0.2) is 52.0 Å². The van der Waals surface area contributed by atoms with Gasteiger partial charge in [0.05, 0.1) is 6.61 Å². The smallest absolute Gasteiger partial charge is 0.0589 e. The van der Waals surface area contributed by atoms with Gasteiger partial charge >= 0.3 is 0 Å². The minimum Gasteiger partial charge on any atom is -0.385 e. The van der Waals surface area contributed by atoms with Crippen molar-refractivity contribution in [2.24, 2.45) is 5.73 Å². The molecule has 0 bridgehead atoms. The number of rotatable bonds is 12. The van der Waals surface area contributed by atoms with Gasteiger partial charge in [0.2, 0.25) is 0 Å². The molecule has 1 aromatic carbocycles. The van der Waals surface area contributed by atoms with E-state index >= 15 is 0 Å². The summed E-state index contributed by atoms with van der Waals surface area (Å²) in [5.41, 5.74) is 7.46. The Balaban J connectivity index is 2.27. The Kier molecular flexibility index (Phi) is 10.1. The number of hydrogen-bond acceptors (Lipinski definition) is 4. The first-order chi connectivity index (χ1) is 10.3. The minimum absolute atomic E-state index is 0.134. The summed E-state index contributed by atoms with van der Waals surface area (Å²) in [4.78, 5) is 2.43. The first-order valence-corrected chi connectivity index (χ1v) is 7.78. The lowest BCUT2D eigenvalue weighted by atomic mass is 10.0. The molecule has 1 unspecified atom stereocenters. The van der Waals surface area contributed by atoms with Gasteiger partial charge < -0.3 is 20.1 Å². The number of ether oxygens (including phenoxy) is 2. The van der Waals surface area contributed by atoms with Crippen molar-refractivity contribution in [2.75, 3.05) is 47.1 Å². The Bertz CT molecular complexity index is 346. The van der Waals surface area contributed by atoms with E-state index in [0.717, 1.165) is 52.1 Å². The van der Waals surface area contributed by atoms with Gasteiger partial charge in [-0.1, -0.05) is 30.3 Å². The van der Waals surface area contributed by atoms with Crippen LogP contribution in [0.15, 0.2) is 30.3 Å². The Morgan fingerprint density at radius 1 is 0.952 bits per heavy atom. The van der Waals surface area contributed by atoms with Crippen molar-refractivity contribution >= 4 is 0 Å². The van der Waals surface area contributed by atoms with E-state index in [2.05, 4.69) is 17.0 Å². The van der Waals surface area contributed by atoms with Crippen molar-refractivity contribution in [3.8, 4) is 0 Å². The van der Waals surface area contributed by atoms with E-state index in [9.17, 15) is 0 Å². The summed E-state index contributed by atoms with van der Waals surface area (Å²) in [6, 6.07) is 10.5. The highest BCUT2D eigenvalue weighted by Gasteiger charge is 2.08. The van der Waals surface area contributed by atoms with Gasteiger partial charge in [-0.25, -0.2) is 0 Å². The fraction of sp³-hybridized carbons (Fsp3) is 0.647. The molecule has 1 rings (SSSR count). The molecule has 0 aliphatic carbocycles. The molecule has 120 valence electrons. The Morgan fingerprint density at radius 2 is 1.62 bits per heavy atom. The summed E-state index contributed by atoms with van der Waals surface area (Å²) < 4.78 is 10.3. The molecule has 1 aromatic rings. The maximum Gasteiger partial charge on any atom is 0.0589 e. The molecule has 4 heteroatoms. The second kappa shape index (κ2) is 11.7. The lowest BCUT2D eigenvalue weighted by Crippen LogP contribution is -2.30. The maximum atomic E-state index is 6.24. The van der Waals surface area contributed by atoms with Crippen LogP contribution in [-0.2, 0) is 9.47 Å². The zero-order valence-corrected chi connectivity index (χ0v) is 13.5. The average molecular weight is 294 g/mol. The first kappa shape index (κ1) is 18.1. The van der Waals surface area contributed by atoms with Gasteiger partial charge in [0.1, 0.15) is 0 Å². The van der Waals surface area contributed by atoms with Gasteiger partial charge in [0.15, 0.2) is 0 Å². The highest BCUT2D eigenvalue weighted by atomic mass is 16.5. The van der Waals surface area contributed by atoms with E-state index in [1.807, 2.05) is 18.2 Å². The zero-order valence-electron chi connectivity index (χ0n) is 13.5. The summed E-state index contributed by atoms with van der Waals surface area (Å²) in [7, 11) is 3.50. The Labute approximate surface area is 129 Å². The molecule has 0 saturated heterocycles. The predicted molar refractivity (Wildman–Crippen MR) is 87.4 cm³/mol. The largest absolute Gasteiger partial charge is 0.385 e. The van der Waals surface area contributed by atoms with Gasteiger partial charge in [-0.3, -0.25) is 0 Å². The number of hydrogen-bond donors (Lipinski definition) is 1. The quantitative estimate of drug-likeness (QED) is 0.602. The third-order valence-corrected chi connectivity index (χ3v) is 3.65. The van der Waals surface area contributed by atoms with E-state index in [-0.39, 0.29) is 6.04 Å². The molecule has 0 radical (unpaired) electrons. The standard InChI is InChI=1S/C17H30N2O2/c1-20-14-7-12-19(13-15-21-2)11-6-10-17(18)16-8-4-3-5-9-16/h3-5,8-9,17H,6-7,10-15,18H2,1-2H3. The van der Waals surface area contributed by atoms with E-state index in [1.54, 1.807) is 14.2 Å². The molecule has 0 amide bonds. The number of methoxy groups -OCH3 is 2. The molecule has 0 fully saturated rings. The summed E-state index contributed by atoms with van der Waals surface area (Å²) >= 11 is 0. The fourth-order valence-electron chi connectivity index (χ4n) is 2.39. The lowest BCUT2D eigenvalue weighted by molar-refractivity contribution is 0.131. The summed E-state index contributed by atoms with van der Waals surface area (Å²) in [6.45, 7) is 4.68. The average Bonchev–Trinajstić information content (AvgIpc) is 2.53. The SMILES string of the molecule is COCCCN(CCCC(N)c1ccccc1)CCOC. The number of nitrogens with zero attached hydrogens (tertiary/aromatic N) is 1. The van der Waals surface area contributed by atoms with Crippen LogP contribution in [0.3, 0.4) is 0 Å². The van der Waals surface area contributed by atoms with Crippen LogP contribution in [0.1, 0.15) is 30.9 Å². The third-order valence-electron chi connectivity index (χ3n) is 3.65. The second-order valence-corrected chi connectivity index (χ2v) is 5.34. The highest BCUT2D eigenvalue weighted by Crippen LogP contribution is 2.15. The molecular weight excluding hydrogens is 264 g/mol. The van der Waals surface area contributed by atoms with Crippen molar-refractivity contribution < 1.29 is 9.47 Å². The molecule has 0 saturated carbocycles. The van der Waals surface area contributed by atoms with Crippen LogP contribution in [0, 0.1) is 0 Å². The minimum atomic E-state index is 0.134. The lowest BCUT2D eigenvalue weighted by Gasteiger charge is -2.22. The summed E-state index contributed by atoms with van der Waals surface area (Å²) in [6.07, 6.45) is 3.18. The van der Waals surface area contributed by atoms with Crippen molar-refractivity contribution in [1.29, 1.82) is 0 Å². The molecule has 1 atom stereocenters. The second-order valence-electron chi connectivity index (χ2n) is 5.34. The van der Waals surface area contributed by atoms with Crippen molar-refractivity contribution in [3.05, 3.63) is 35.9 Å². The van der Waals surface area contributed by atoms with E-state index in [1.165, 1.54) is 5.56 Å². The summed E-state index contributed by atoms with van der Waals surface area (Å²) in [5, 5.41) is 0. The molecule has 0 aliphatic heterocycles. The Hall–Kier alpha value is -0.940. The van der Waals surface area contributed by atoms with Gasteiger partial charge in [0.25, 0.3) is 0 Å². The van der Waals surface area contributed by atoms with Crippen LogP contribution >= 0.6 is 0 Å². The maximum absolute atomic E-state index is 6.24. The van der Waals surface area contributed by atoms with Gasteiger partial charge in [-0.05, 0) is 31.4 Å². The van der Waals surface area contributed by atoms with Crippen molar-refractivity contribution in [1.82, 2.24) is 4.90 Å². The van der Waals surface area contributed by atoms with Crippen LogP contribution in [0.25, 0.3) is 0 Å². The summed E-state index contributed by atoms with van der Waals surface area (Å²) in [5.74, 6) is 0. The molecule has 2 N–H and O–H groups in total. The van der Waals surface area contributed by atoms with Crippen LogP contribution in [0.2, 0.25) is 0 Å². The number of nitrogens with two attached hydrogens (primary N) is 1. The van der Waals surface area contributed by atoms with Gasteiger partial charge in [-0.2, -0.15) is 0 Å². The molecule has 21 heavy (non-hydrogen) atoms. The van der Waals surface area contributed by atoms with Crippen LogP contribution in [0.5, 0.6) is 0 Å². The normalized spacial score (nSPS) is 12.8. The monoisotopic (exact) mass is 294 g/mol. The zero-order chi connectivity index (χ0) is 15.3. The van der Waals surface area contributed by atoms with E-state index in [0.29, 0.717) is 0 Å². The topological polar surface area (TPSA) is 47.7 Å². The van der Waals surface area contributed by atoms with E-state index in [4.69, 9.17) is 15.2 Å². The number of benzene rings is 1. The predicted octanol–water partition coefficient (Wildman–Crippen LogP) is 2.45. The molecule has 0 aliphatic rings. The fourth-order valence-corrected chi connectivity index (χ4v) is 2.39. The molecule has 0 aromatic heterocycles. The van der Waals surface area contributed by atoms with Crippen molar-refractivity contribution in [2.45, 2.75) is 25.3 Å². The molecule has 0 heterocycles.